The third-order valence-electron chi connectivity index (χ3n) is 2.77. The molecule has 0 aliphatic rings. The molecule has 0 amide bonds. The quantitative estimate of drug-likeness (QED) is 0.837. The lowest BCUT2D eigenvalue weighted by molar-refractivity contribution is 0.237. The summed E-state index contributed by atoms with van der Waals surface area (Å²) >= 11 is 3.57. The van der Waals surface area contributed by atoms with Crippen molar-refractivity contribution in [2.24, 2.45) is 7.05 Å². The highest BCUT2D eigenvalue weighted by atomic mass is 79.9. The van der Waals surface area contributed by atoms with Gasteiger partial charge in [0.05, 0.1) is 22.5 Å². The van der Waals surface area contributed by atoms with E-state index >= 15 is 0 Å². The molecule has 0 aromatic carbocycles. The third kappa shape index (κ3) is 3.06. The predicted octanol–water partition coefficient (Wildman–Crippen LogP) is 1.61. The molecular formula is C11H20BrN3O. The monoisotopic (exact) mass is 289 g/mol. The topological polar surface area (TPSA) is 50.1 Å². The molecular weight excluding hydrogens is 270 g/mol. The van der Waals surface area contributed by atoms with Crippen molar-refractivity contribution in [2.75, 3.05) is 6.61 Å². The molecule has 0 bridgehead atoms. The van der Waals surface area contributed by atoms with Gasteiger partial charge in [-0.15, -0.1) is 0 Å². The van der Waals surface area contributed by atoms with E-state index in [-0.39, 0.29) is 12.6 Å². The molecule has 0 saturated heterocycles. The Morgan fingerprint density at radius 2 is 2.19 bits per heavy atom. The lowest BCUT2D eigenvalue weighted by Gasteiger charge is -2.14. The van der Waals surface area contributed by atoms with E-state index in [9.17, 15) is 0 Å². The lowest BCUT2D eigenvalue weighted by Crippen LogP contribution is -2.31. The second-order valence-corrected chi connectivity index (χ2v) is 4.65. The van der Waals surface area contributed by atoms with Crippen LogP contribution in [0.15, 0.2) is 4.47 Å². The Bertz CT molecular complexity index is 334. The van der Waals surface area contributed by atoms with Crippen molar-refractivity contribution in [3.05, 3.63) is 15.9 Å². The van der Waals surface area contributed by atoms with Crippen molar-refractivity contribution in [3.63, 3.8) is 0 Å². The largest absolute Gasteiger partial charge is 0.395 e. The average Bonchev–Trinajstić information content (AvgIpc) is 2.56. The Kier molecular flexibility index (Phi) is 5.44. The summed E-state index contributed by atoms with van der Waals surface area (Å²) in [6.07, 6.45) is 1.85. The minimum Gasteiger partial charge on any atom is -0.395 e. The minimum atomic E-state index is 0.159. The van der Waals surface area contributed by atoms with Gasteiger partial charge in [0.1, 0.15) is 0 Å². The summed E-state index contributed by atoms with van der Waals surface area (Å²) in [4.78, 5) is 0. The van der Waals surface area contributed by atoms with Gasteiger partial charge in [-0.2, -0.15) is 5.10 Å². The van der Waals surface area contributed by atoms with E-state index in [0.29, 0.717) is 0 Å². The van der Waals surface area contributed by atoms with Crippen molar-refractivity contribution >= 4 is 15.9 Å². The highest BCUT2D eigenvalue weighted by Gasteiger charge is 2.13. The van der Waals surface area contributed by atoms with E-state index in [1.54, 1.807) is 0 Å². The van der Waals surface area contributed by atoms with Crippen LogP contribution in [-0.2, 0) is 20.0 Å². The minimum absolute atomic E-state index is 0.159. The number of nitrogens with one attached hydrogen (secondary N) is 1. The van der Waals surface area contributed by atoms with Crippen LogP contribution in [0.25, 0.3) is 0 Å². The van der Waals surface area contributed by atoms with Crippen molar-refractivity contribution in [3.8, 4) is 0 Å². The second-order valence-electron chi connectivity index (χ2n) is 3.85. The number of hydrogen-bond donors (Lipinski definition) is 2. The maximum atomic E-state index is 9.10. The number of hydrogen-bond acceptors (Lipinski definition) is 3. The van der Waals surface area contributed by atoms with Gasteiger partial charge in [-0.05, 0) is 28.8 Å². The summed E-state index contributed by atoms with van der Waals surface area (Å²) in [5.74, 6) is 0. The van der Waals surface area contributed by atoms with Gasteiger partial charge in [-0.1, -0.05) is 13.8 Å². The van der Waals surface area contributed by atoms with Crippen LogP contribution >= 0.6 is 15.9 Å². The predicted molar refractivity (Wildman–Crippen MR) is 68.3 cm³/mol. The molecule has 0 fully saturated rings. The molecule has 92 valence electrons. The van der Waals surface area contributed by atoms with Crippen molar-refractivity contribution in [2.45, 2.75) is 39.3 Å². The third-order valence-corrected chi connectivity index (χ3v) is 3.69. The van der Waals surface area contributed by atoms with Crippen molar-refractivity contribution < 1.29 is 5.11 Å². The first-order valence-corrected chi connectivity index (χ1v) is 6.47. The van der Waals surface area contributed by atoms with Crippen LogP contribution in [0.2, 0.25) is 0 Å². The average molecular weight is 290 g/mol. The normalized spacial score (nSPS) is 13.1. The smallest absolute Gasteiger partial charge is 0.0767 e. The van der Waals surface area contributed by atoms with Crippen LogP contribution in [0, 0.1) is 0 Å². The molecule has 0 aliphatic carbocycles. The maximum absolute atomic E-state index is 9.10. The standard InChI is InChI=1S/C11H20BrN3O/c1-4-8(7-16)13-6-10-11(12)9(5-2)14-15(10)3/h8,13,16H,4-7H2,1-3H3. The lowest BCUT2D eigenvalue weighted by atomic mass is 10.2. The molecule has 1 unspecified atom stereocenters. The fourth-order valence-electron chi connectivity index (χ4n) is 1.59. The highest BCUT2D eigenvalue weighted by Crippen LogP contribution is 2.21. The molecule has 1 aromatic heterocycles. The number of aromatic nitrogens is 2. The summed E-state index contributed by atoms with van der Waals surface area (Å²) in [6, 6.07) is 0.159. The number of rotatable bonds is 6. The van der Waals surface area contributed by atoms with E-state index in [2.05, 4.69) is 40.2 Å². The summed E-state index contributed by atoms with van der Waals surface area (Å²) in [5.41, 5.74) is 2.21. The Balaban J connectivity index is 2.69. The van der Waals surface area contributed by atoms with Crippen molar-refractivity contribution in [1.29, 1.82) is 0 Å². The zero-order chi connectivity index (χ0) is 12.1. The number of halogens is 1. The molecule has 2 N–H and O–H groups in total. The molecule has 0 spiro atoms. The van der Waals surface area contributed by atoms with Crippen molar-refractivity contribution in [1.82, 2.24) is 15.1 Å². The number of nitrogens with zero attached hydrogens (tertiary/aromatic N) is 2. The zero-order valence-corrected chi connectivity index (χ0v) is 11.7. The second kappa shape index (κ2) is 6.37. The summed E-state index contributed by atoms with van der Waals surface area (Å²) < 4.78 is 2.97. The van der Waals surface area contributed by atoms with E-state index < -0.39 is 0 Å². The molecule has 5 heteroatoms. The molecule has 1 rings (SSSR count). The van der Waals surface area contributed by atoms with E-state index in [1.807, 2.05) is 11.7 Å². The van der Waals surface area contributed by atoms with E-state index in [1.165, 1.54) is 0 Å². The van der Waals surface area contributed by atoms with Gasteiger partial charge in [0, 0.05) is 19.6 Å². The molecule has 4 nitrogen and oxygen atoms in total. The van der Waals surface area contributed by atoms with Crippen LogP contribution in [0.5, 0.6) is 0 Å². The van der Waals surface area contributed by atoms with Gasteiger partial charge >= 0.3 is 0 Å². The van der Waals surface area contributed by atoms with Crippen LogP contribution in [0.3, 0.4) is 0 Å². The summed E-state index contributed by atoms with van der Waals surface area (Å²) in [6.45, 7) is 5.05. The molecule has 0 aliphatic heterocycles. The van der Waals surface area contributed by atoms with Crippen LogP contribution in [0.4, 0.5) is 0 Å². The number of aliphatic hydroxyl groups is 1. The first-order valence-electron chi connectivity index (χ1n) is 5.68. The zero-order valence-electron chi connectivity index (χ0n) is 10.1. The van der Waals surface area contributed by atoms with E-state index in [4.69, 9.17) is 5.11 Å². The van der Waals surface area contributed by atoms with Gasteiger partial charge in [-0.3, -0.25) is 4.68 Å². The highest BCUT2D eigenvalue weighted by molar-refractivity contribution is 9.10. The SMILES string of the molecule is CCc1nn(C)c(CNC(CC)CO)c1Br. The fraction of sp³-hybridized carbons (Fsp3) is 0.727. The van der Waals surface area contributed by atoms with Gasteiger partial charge in [0.2, 0.25) is 0 Å². The molecule has 0 saturated carbocycles. The molecule has 1 aromatic rings. The van der Waals surface area contributed by atoms with Gasteiger partial charge in [-0.25, -0.2) is 0 Å². The fourth-order valence-corrected chi connectivity index (χ4v) is 2.35. The Labute approximate surface area is 105 Å². The molecule has 0 radical (unpaired) electrons. The summed E-state index contributed by atoms with van der Waals surface area (Å²) in [7, 11) is 1.95. The van der Waals surface area contributed by atoms with Gasteiger partial charge < -0.3 is 10.4 Å². The Hall–Kier alpha value is -0.390. The van der Waals surface area contributed by atoms with Gasteiger partial charge in [0.15, 0.2) is 0 Å². The maximum Gasteiger partial charge on any atom is 0.0767 e. The first-order chi connectivity index (χ1) is 7.63. The molecule has 16 heavy (non-hydrogen) atoms. The summed E-state index contributed by atoms with van der Waals surface area (Å²) in [5, 5.41) is 16.8. The van der Waals surface area contributed by atoms with Crippen LogP contribution in [0.1, 0.15) is 31.7 Å². The Morgan fingerprint density at radius 1 is 1.50 bits per heavy atom. The molecule has 1 heterocycles. The first kappa shape index (κ1) is 13.7. The molecule has 1 atom stereocenters. The van der Waals surface area contributed by atoms with Gasteiger partial charge in [0.25, 0.3) is 0 Å². The number of aryl methyl sites for hydroxylation is 2. The van der Waals surface area contributed by atoms with Crippen LogP contribution < -0.4 is 5.32 Å². The van der Waals surface area contributed by atoms with E-state index in [0.717, 1.165) is 35.2 Å². The number of aliphatic hydroxyl groups excluding tert-OH is 1. The Morgan fingerprint density at radius 3 is 2.62 bits per heavy atom. The van der Waals surface area contributed by atoms with Crippen LogP contribution in [-0.4, -0.2) is 27.5 Å².